The minimum Gasteiger partial charge on any atom is -0.461 e. The fourth-order valence-corrected chi connectivity index (χ4v) is 4.82. The molecule has 3 heterocycles. The van der Waals surface area contributed by atoms with E-state index >= 15 is 0 Å². The van der Waals surface area contributed by atoms with Gasteiger partial charge in [0.05, 0.1) is 17.6 Å². The molecule has 34 heavy (non-hydrogen) atoms. The molecule has 11 heteroatoms. The summed E-state index contributed by atoms with van der Waals surface area (Å²) in [6.45, 7) is 4.52. The number of carbonyl (C=O) groups is 1. The predicted molar refractivity (Wildman–Crippen MR) is 122 cm³/mol. The van der Waals surface area contributed by atoms with Gasteiger partial charge in [0, 0.05) is 32.2 Å². The lowest BCUT2D eigenvalue weighted by Crippen LogP contribution is -2.44. The summed E-state index contributed by atoms with van der Waals surface area (Å²) >= 11 is 1.33. The number of halogens is 3. The van der Waals surface area contributed by atoms with Gasteiger partial charge in [0.15, 0.2) is 16.7 Å². The number of hydrogen-bond acceptors (Lipinski definition) is 6. The Morgan fingerprint density at radius 1 is 1.21 bits per heavy atom. The number of hydrogen-bond donors (Lipinski definition) is 1. The van der Waals surface area contributed by atoms with Gasteiger partial charge in [-0.3, -0.25) is 14.3 Å². The standard InChI is InChI=1S/C23H26F3N5O2S/c1-2-31-21(19-7-4-12-33-19)28-29-22(31)34-15-20(32)27-18-8-10-30(11-9-18)14-16-5-3-6-17(13-16)23(24,25)26/h3-7,12-13,18H,2,8-11,14-15H2,1H3,(H,27,32). The highest BCUT2D eigenvalue weighted by molar-refractivity contribution is 7.99. The van der Waals surface area contributed by atoms with Crippen molar-refractivity contribution in [1.82, 2.24) is 25.0 Å². The summed E-state index contributed by atoms with van der Waals surface area (Å²) in [6.07, 6.45) is -1.25. The number of rotatable bonds is 8. The first-order chi connectivity index (χ1) is 16.3. The molecule has 0 spiro atoms. The molecule has 1 N–H and O–H groups in total. The Balaban J connectivity index is 1.23. The quantitative estimate of drug-likeness (QED) is 0.468. The van der Waals surface area contributed by atoms with Crippen molar-refractivity contribution in [2.24, 2.45) is 0 Å². The monoisotopic (exact) mass is 493 g/mol. The zero-order chi connectivity index (χ0) is 24.1. The van der Waals surface area contributed by atoms with E-state index in [2.05, 4.69) is 20.4 Å². The predicted octanol–water partition coefficient (Wildman–Crippen LogP) is 4.45. The molecule has 1 aromatic carbocycles. The summed E-state index contributed by atoms with van der Waals surface area (Å²) in [5.74, 6) is 1.40. The number of nitrogens with one attached hydrogen (secondary N) is 1. The van der Waals surface area contributed by atoms with Gasteiger partial charge >= 0.3 is 6.18 Å². The SMILES string of the molecule is CCn1c(SCC(=O)NC2CCN(Cc3cccc(C(F)(F)F)c3)CC2)nnc1-c1ccco1. The van der Waals surface area contributed by atoms with Crippen molar-refractivity contribution >= 4 is 17.7 Å². The van der Waals surface area contributed by atoms with E-state index in [1.165, 1.54) is 23.9 Å². The van der Waals surface area contributed by atoms with E-state index in [1.807, 2.05) is 17.6 Å². The molecular weight excluding hydrogens is 467 g/mol. The second-order valence-electron chi connectivity index (χ2n) is 8.13. The molecule has 0 atom stereocenters. The van der Waals surface area contributed by atoms with E-state index in [9.17, 15) is 18.0 Å². The van der Waals surface area contributed by atoms with Crippen LogP contribution in [0.5, 0.6) is 0 Å². The Hall–Kier alpha value is -2.79. The first-order valence-corrected chi connectivity index (χ1v) is 12.1. The minimum atomic E-state index is -4.34. The van der Waals surface area contributed by atoms with Gasteiger partial charge in [-0.2, -0.15) is 13.2 Å². The zero-order valence-corrected chi connectivity index (χ0v) is 19.5. The average Bonchev–Trinajstić information content (AvgIpc) is 3.48. The highest BCUT2D eigenvalue weighted by Crippen LogP contribution is 2.30. The molecule has 1 amide bonds. The van der Waals surface area contributed by atoms with Crippen molar-refractivity contribution < 1.29 is 22.4 Å². The lowest BCUT2D eigenvalue weighted by atomic mass is 10.0. The smallest absolute Gasteiger partial charge is 0.416 e. The molecule has 1 fully saturated rings. The Kier molecular flexibility index (Phi) is 7.62. The van der Waals surface area contributed by atoms with E-state index in [0.717, 1.165) is 18.9 Å². The molecule has 4 rings (SSSR count). The van der Waals surface area contributed by atoms with Crippen LogP contribution in [0, 0.1) is 0 Å². The number of benzene rings is 1. The van der Waals surface area contributed by atoms with E-state index in [1.54, 1.807) is 18.4 Å². The van der Waals surface area contributed by atoms with Crippen molar-refractivity contribution in [2.45, 2.75) is 50.2 Å². The van der Waals surface area contributed by atoms with E-state index in [-0.39, 0.29) is 17.7 Å². The fraction of sp³-hybridized carbons (Fsp3) is 0.435. The number of furan rings is 1. The molecule has 0 radical (unpaired) electrons. The summed E-state index contributed by atoms with van der Waals surface area (Å²) in [4.78, 5) is 14.6. The molecule has 0 unspecified atom stereocenters. The molecule has 1 aliphatic heterocycles. The molecular formula is C23H26F3N5O2S. The molecule has 2 aromatic heterocycles. The van der Waals surface area contributed by atoms with Gasteiger partial charge in [-0.1, -0.05) is 30.0 Å². The highest BCUT2D eigenvalue weighted by Gasteiger charge is 2.30. The highest BCUT2D eigenvalue weighted by atomic mass is 32.2. The van der Waals surface area contributed by atoms with Crippen LogP contribution in [-0.2, 0) is 24.1 Å². The summed E-state index contributed by atoms with van der Waals surface area (Å²) in [7, 11) is 0. The number of aromatic nitrogens is 3. The summed E-state index contributed by atoms with van der Waals surface area (Å²) < 4.78 is 46.1. The molecule has 0 aliphatic carbocycles. The van der Waals surface area contributed by atoms with Crippen LogP contribution in [0.1, 0.15) is 30.9 Å². The van der Waals surface area contributed by atoms with Crippen LogP contribution >= 0.6 is 11.8 Å². The van der Waals surface area contributed by atoms with Crippen LogP contribution in [0.4, 0.5) is 13.2 Å². The maximum Gasteiger partial charge on any atom is 0.416 e. The molecule has 7 nitrogen and oxygen atoms in total. The topological polar surface area (TPSA) is 76.2 Å². The maximum atomic E-state index is 12.9. The summed E-state index contributed by atoms with van der Waals surface area (Å²) in [5.41, 5.74) is 0.0162. The number of alkyl halides is 3. The number of amides is 1. The van der Waals surface area contributed by atoms with Gasteiger partial charge in [0.25, 0.3) is 0 Å². The van der Waals surface area contributed by atoms with E-state index < -0.39 is 11.7 Å². The minimum absolute atomic E-state index is 0.0496. The van der Waals surface area contributed by atoms with Crippen LogP contribution in [-0.4, -0.2) is 50.5 Å². The van der Waals surface area contributed by atoms with Gasteiger partial charge in [-0.25, -0.2) is 0 Å². The Labute approximate surface area is 199 Å². The number of piperidine rings is 1. The van der Waals surface area contributed by atoms with Crippen molar-refractivity contribution in [1.29, 1.82) is 0 Å². The third kappa shape index (κ3) is 6.01. The maximum absolute atomic E-state index is 12.9. The third-order valence-electron chi connectivity index (χ3n) is 5.72. The molecule has 1 aliphatic rings. The summed E-state index contributed by atoms with van der Waals surface area (Å²) in [5, 5.41) is 12.1. The molecule has 0 bridgehead atoms. The van der Waals surface area contributed by atoms with Crippen molar-refractivity contribution in [3.05, 3.63) is 53.8 Å². The third-order valence-corrected chi connectivity index (χ3v) is 6.69. The second kappa shape index (κ2) is 10.6. The Bertz CT molecular complexity index is 1090. The molecule has 3 aromatic rings. The Morgan fingerprint density at radius 3 is 2.68 bits per heavy atom. The zero-order valence-electron chi connectivity index (χ0n) is 18.7. The lowest BCUT2D eigenvalue weighted by molar-refractivity contribution is -0.137. The van der Waals surface area contributed by atoms with Gasteiger partial charge in [0.2, 0.25) is 5.91 Å². The van der Waals surface area contributed by atoms with Crippen LogP contribution in [0.15, 0.2) is 52.2 Å². The van der Waals surface area contributed by atoms with E-state index in [4.69, 9.17) is 4.42 Å². The fourth-order valence-electron chi connectivity index (χ4n) is 4.01. The lowest BCUT2D eigenvalue weighted by Gasteiger charge is -2.32. The van der Waals surface area contributed by atoms with Crippen LogP contribution in [0.2, 0.25) is 0 Å². The van der Waals surface area contributed by atoms with Crippen molar-refractivity contribution in [3.63, 3.8) is 0 Å². The van der Waals surface area contributed by atoms with Crippen LogP contribution in [0.3, 0.4) is 0 Å². The van der Waals surface area contributed by atoms with Gasteiger partial charge in [-0.05, 0) is 43.5 Å². The summed E-state index contributed by atoms with van der Waals surface area (Å²) in [6, 6.07) is 9.11. The number of carbonyl (C=O) groups excluding carboxylic acids is 1. The van der Waals surface area contributed by atoms with Crippen molar-refractivity contribution in [2.75, 3.05) is 18.8 Å². The molecule has 1 saturated heterocycles. The normalized spacial score (nSPS) is 15.5. The first-order valence-electron chi connectivity index (χ1n) is 11.1. The van der Waals surface area contributed by atoms with Gasteiger partial charge < -0.3 is 9.73 Å². The number of thioether (sulfide) groups is 1. The molecule has 0 saturated carbocycles. The average molecular weight is 494 g/mol. The largest absolute Gasteiger partial charge is 0.461 e. The number of nitrogens with zero attached hydrogens (tertiary/aromatic N) is 4. The van der Waals surface area contributed by atoms with Crippen LogP contribution in [0.25, 0.3) is 11.6 Å². The van der Waals surface area contributed by atoms with Gasteiger partial charge in [-0.15, -0.1) is 10.2 Å². The number of likely N-dealkylation sites (tertiary alicyclic amines) is 1. The van der Waals surface area contributed by atoms with Crippen molar-refractivity contribution in [3.8, 4) is 11.6 Å². The Morgan fingerprint density at radius 2 is 2.00 bits per heavy atom. The van der Waals surface area contributed by atoms with Gasteiger partial charge in [0.1, 0.15) is 0 Å². The van der Waals surface area contributed by atoms with Crippen LogP contribution < -0.4 is 5.32 Å². The molecule has 182 valence electrons. The first kappa shape index (κ1) is 24.3. The van der Waals surface area contributed by atoms with E-state index in [0.29, 0.717) is 48.5 Å². The second-order valence-corrected chi connectivity index (χ2v) is 9.07.